The molecule has 1 rings (SSSR count). The van der Waals surface area contributed by atoms with E-state index in [1.54, 1.807) is 5.82 Å². The van der Waals surface area contributed by atoms with Crippen LogP contribution >= 0.6 is 0 Å². The molecule has 0 aliphatic carbocycles. The summed E-state index contributed by atoms with van der Waals surface area (Å²) in [5, 5.41) is 0. The molecule has 0 bridgehead atoms. The Morgan fingerprint density at radius 2 is 0.660 bits per heavy atom. The van der Waals surface area contributed by atoms with Crippen LogP contribution in [-0.2, 0) is 19.5 Å². The van der Waals surface area contributed by atoms with Gasteiger partial charge in [-0.15, -0.1) is 0 Å². The quantitative estimate of drug-likeness (QED) is 0.0492. The van der Waals surface area contributed by atoms with Gasteiger partial charge >= 0.3 is 0 Å². The Kier molecular flexibility index (Phi) is 34.3. The SMILES string of the molecule is CCCCCCCCCCCCCCCCCn1cc[n+](CCCCCCCCCCCCCC)c1CCCCCCCCCCC. The van der Waals surface area contributed by atoms with Gasteiger partial charge in [-0.2, -0.15) is 0 Å². The molecule has 0 saturated heterocycles. The molecular weight excluding hydrogens is 569 g/mol. The van der Waals surface area contributed by atoms with E-state index >= 15 is 0 Å². The fourth-order valence-corrected chi connectivity index (χ4v) is 7.56. The Hall–Kier alpha value is -0.790. The second-order valence-electron chi connectivity index (χ2n) is 15.5. The lowest BCUT2D eigenvalue weighted by molar-refractivity contribution is -0.704. The number of rotatable bonds is 39. The van der Waals surface area contributed by atoms with Gasteiger partial charge in [0.25, 0.3) is 5.82 Å². The molecule has 0 unspecified atom stereocenters. The highest BCUT2D eigenvalue weighted by Gasteiger charge is 2.16. The fourth-order valence-electron chi connectivity index (χ4n) is 7.56. The van der Waals surface area contributed by atoms with Gasteiger partial charge in [-0.1, -0.05) is 220 Å². The Bertz CT molecular complexity index is 722. The molecule has 0 aromatic carbocycles. The Morgan fingerprint density at radius 1 is 0.362 bits per heavy atom. The molecular formula is C45H89N2+. The first-order valence-electron chi connectivity index (χ1n) is 22.4. The lowest BCUT2D eigenvalue weighted by Crippen LogP contribution is -2.37. The molecule has 278 valence electrons. The average Bonchev–Trinajstić information content (AvgIpc) is 3.47. The van der Waals surface area contributed by atoms with Crippen LogP contribution < -0.4 is 4.57 Å². The second kappa shape index (κ2) is 36.5. The Labute approximate surface area is 298 Å². The number of nitrogens with zero attached hydrogens (tertiary/aromatic N) is 2. The van der Waals surface area contributed by atoms with Crippen molar-refractivity contribution in [3.8, 4) is 0 Å². The minimum absolute atomic E-state index is 1.23. The highest BCUT2D eigenvalue weighted by Crippen LogP contribution is 2.16. The predicted octanol–water partition coefficient (Wildman–Crippen LogP) is 15.4. The number of unbranched alkanes of at least 4 members (excludes halogenated alkanes) is 33. The maximum absolute atomic E-state index is 2.65. The zero-order valence-electron chi connectivity index (χ0n) is 33.1. The number of imidazole rings is 1. The number of hydrogen-bond donors (Lipinski definition) is 0. The molecule has 0 spiro atoms. The number of aryl methyl sites for hydroxylation is 2. The van der Waals surface area contributed by atoms with Crippen LogP contribution in [-0.4, -0.2) is 4.57 Å². The molecule has 0 saturated carbocycles. The molecule has 1 aromatic heterocycles. The monoisotopic (exact) mass is 658 g/mol. The van der Waals surface area contributed by atoms with E-state index in [9.17, 15) is 0 Å². The Morgan fingerprint density at radius 3 is 1.02 bits per heavy atom. The first-order chi connectivity index (χ1) is 23.3. The molecule has 0 atom stereocenters. The van der Waals surface area contributed by atoms with E-state index in [0.29, 0.717) is 0 Å². The van der Waals surface area contributed by atoms with Gasteiger partial charge in [-0.3, -0.25) is 0 Å². The molecule has 0 N–H and O–H groups in total. The van der Waals surface area contributed by atoms with E-state index in [1.807, 2.05) is 0 Å². The largest absolute Gasteiger partial charge is 0.256 e. The van der Waals surface area contributed by atoms with Gasteiger partial charge in [0.1, 0.15) is 12.4 Å². The lowest BCUT2D eigenvalue weighted by Gasteiger charge is -2.07. The van der Waals surface area contributed by atoms with Crippen LogP contribution in [0.1, 0.15) is 258 Å². The first-order valence-corrected chi connectivity index (χ1v) is 22.4. The van der Waals surface area contributed by atoms with Gasteiger partial charge in [0.05, 0.1) is 13.1 Å². The molecule has 1 heterocycles. The van der Waals surface area contributed by atoms with E-state index in [1.165, 1.54) is 251 Å². The van der Waals surface area contributed by atoms with Crippen LogP contribution in [0.3, 0.4) is 0 Å². The summed E-state index contributed by atoms with van der Waals surface area (Å²) in [6, 6.07) is 0. The summed E-state index contributed by atoms with van der Waals surface area (Å²) in [6.45, 7) is 9.41. The van der Waals surface area contributed by atoms with Crippen molar-refractivity contribution < 1.29 is 4.57 Å². The molecule has 47 heavy (non-hydrogen) atoms. The van der Waals surface area contributed by atoms with Crippen LogP contribution in [0.4, 0.5) is 0 Å². The third kappa shape index (κ3) is 28.7. The molecule has 2 nitrogen and oxygen atoms in total. The van der Waals surface area contributed by atoms with E-state index in [0.717, 1.165) is 0 Å². The first kappa shape index (κ1) is 44.2. The lowest BCUT2D eigenvalue weighted by atomic mass is 10.0. The van der Waals surface area contributed by atoms with Crippen molar-refractivity contribution in [1.82, 2.24) is 4.57 Å². The molecule has 2 heteroatoms. The van der Waals surface area contributed by atoms with Crippen molar-refractivity contribution in [3.05, 3.63) is 18.2 Å². The Balaban J connectivity index is 2.25. The maximum Gasteiger partial charge on any atom is 0.256 e. The van der Waals surface area contributed by atoms with E-state index in [2.05, 4.69) is 42.3 Å². The van der Waals surface area contributed by atoms with Crippen LogP contribution in [0, 0.1) is 0 Å². The van der Waals surface area contributed by atoms with Crippen molar-refractivity contribution in [3.63, 3.8) is 0 Å². The van der Waals surface area contributed by atoms with Crippen LogP contribution in [0.25, 0.3) is 0 Å². The normalized spacial score (nSPS) is 11.6. The summed E-state index contributed by atoms with van der Waals surface area (Å²) in [6.07, 6.45) is 57.8. The highest BCUT2D eigenvalue weighted by atomic mass is 15.1. The van der Waals surface area contributed by atoms with Gasteiger partial charge in [-0.25, -0.2) is 9.13 Å². The van der Waals surface area contributed by atoms with Gasteiger partial charge in [0.15, 0.2) is 0 Å². The average molecular weight is 658 g/mol. The van der Waals surface area contributed by atoms with Crippen LogP contribution in [0.15, 0.2) is 12.4 Å². The maximum atomic E-state index is 2.65. The topological polar surface area (TPSA) is 8.81 Å². The minimum Gasteiger partial charge on any atom is -0.234 e. The van der Waals surface area contributed by atoms with Crippen LogP contribution in [0.2, 0.25) is 0 Å². The van der Waals surface area contributed by atoms with Crippen molar-refractivity contribution in [2.24, 2.45) is 0 Å². The molecule has 0 radical (unpaired) electrons. The summed E-state index contributed by atoms with van der Waals surface area (Å²) in [7, 11) is 0. The molecule has 1 aromatic rings. The van der Waals surface area contributed by atoms with E-state index < -0.39 is 0 Å². The van der Waals surface area contributed by atoms with Crippen molar-refractivity contribution in [1.29, 1.82) is 0 Å². The van der Waals surface area contributed by atoms with Crippen molar-refractivity contribution >= 4 is 0 Å². The third-order valence-electron chi connectivity index (χ3n) is 10.8. The zero-order chi connectivity index (χ0) is 33.7. The highest BCUT2D eigenvalue weighted by molar-refractivity contribution is 4.84. The van der Waals surface area contributed by atoms with Gasteiger partial charge in [0, 0.05) is 6.42 Å². The van der Waals surface area contributed by atoms with Gasteiger partial charge in [-0.05, 0) is 32.1 Å². The summed E-state index contributed by atoms with van der Waals surface area (Å²) < 4.78 is 5.29. The molecule has 0 aliphatic rings. The summed E-state index contributed by atoms with van der Waals surface area (Å²) in [5.74, 6) is 1.63. The minimum atomic E-state index is 1.23. The number of aromatic nitrogens is 2. The van der Waals surface area contributed by atoms with Crippen molar-refractivity contribution in [2.45, 2.75) is 271 Å². The van der Waals surface area contributed by atoms with Gasteiger partial charge < -0.3 is 0 Å². The van der Waals surface area contributed by atoms with Crippen molar-refractivity contribution in [2.75, 3.05) is 0 Å². The summed E-state index contributed by atoms with van der Waals surface area (Å²) in [4.78, 5) is 0. The smallest absolute Gasteiger partial charge is 0.234 e. The van der Waals surface area contributed by atoms with E-state index in [-0.39, 0.29) is 0 Å². The molecule has 0 amide bonds. The predicted molar refractivity (Wildman–Crippen MR) is 212 cm³/mol. The number of hydrogen-bond acceptors (Lipinski definition) is 0. The summed E-state index contributed by atoms with van der Waals surface area (Å²) >= 11 is 0. The standard InChI is InChI=1S/C45H89N2/c1-4-7-10-13-16-19-21-23-24-25-27-30-33-36-39-42-47-44-43-46(45(47)40-37-34-31-28-18-15-12-9-6-3)41-38-35-32-29-26-22-20-17-14-11-8-5-2/h43-44H,4-42H2,1-3H3/q+1. The third-order valence-corrected chi connectivity index (χ3v) is 10.8. The second-order valence-corrected chi connectivity index (χ2v) is 15.5. The zero-order valence-corrected chi connectivity index (χ0v) is 33.1. The molecule has 0 fully saturated rings. The van der Waals surface area contributed by atoms with Gasteiger partial charge in [0.2, 0.25) is 0 Å². The fraction of sp³-hybridized carbons (Fsp3) is 0.933. The van der Waals surface area contributed by atoms with Crippen LogP contribution in [0.5, 0.6) is 0 Å². The molecule has 0 aliphatic heterocycles. The summed E-state index contributed by atoms with van der Waals surface area (Å²) in [5.41, 5.74) is 0. The van der Waals surface area contributed by atoms with E-state index in [4.69, 9.17) is 0 Å².